The number of amides is 2. The summed E-state index contributed by atoms with van der Waals surface area (Å²) < 4.78 is 16.1. The normalized spacial score (nSPS) is 12.8. The quantitative estimate of drug-likeness (QED) is 0.561. The van der Waals surface area contributed by atoms with E-state index in [4.69, 9.17) is 13.6 Å². The first kappa shape index (κ1) is 21.4. The van der Waals surface area contributed by atoms with Crippen LogP contribution in [0.15, 0.2) is 57.6 Å². The topological polar surface area (TPSA) is 102 Å². The lowest BCUT2D eigenvalue weighted by atomic mass is 10.1. The van der Waals surface area contributed by atoms with Gasteiger partial charge in [0.15, 0.2) is 5.76 Å². The van der Waals surface area contributed by atoms with Crippen molar-refractivity contribution in [3.05, 3.63) is 65.8 Å². The van der Waals surface area contributed by atoms with Crippen molar-refractivity contribution in [3.8, 4) is 11.3 Å². The maximum absolute atomic E-state index is 12.5. The van der Waals surface area contributed by atoms with Crippen LogP contribution in [0.5, 0.6) is 0 Å². The molecule has 166 valence electrons. The molecule has 8 nitrogen and oxygen atoms in total. The monoisotopic (exact) mass is 436 g/mol. The standard InChI is InChI=1S/C24H24N2O6/c1-2-30-23(28)10-9-22(27)25-18-7-5-16(6-8-18)21-14-17-15-26(12-11-19(17)32-21)24(29)20-4-3-13-31-20/h3-8,13-14H,2,9-12,15H2,1H3,(H,25,27). The van der Waals surface area contributed by atoms with E-state index in [-0.39, 0.29) is 30.6 Å². The fraction of sp³-hybridized carbons (Fsp3) is 0.292. The van der Waals surface area contributed by atoms with Crippen molar-refractivity contribution in [2.24, 2.45) is 0 Å². The summed E-state index contributed by atoms with van der Waals surface area (Å²) in [6.45, 7) is 3.06. The fourth-order valence-corrected chi connectivity index (χ4v) is 3.59. The van der Waals surface area contributed by atoms with Crippen LogP contribution < -0.4 is 5.32 Å². The number of hydrogen-bond donors (Lipinski definition) is 1. The molecule has 3 aromatic rings. The highest BCUT2D eigenvalue weighted by Gasteiger charge is 2.26. The van der Waals surface area contributed by atoms with Gasteiger partial charge in [-0.25, -0.2) is 0 Å². The third kappa shape index (κ3) is 4.91. The molecule has 0 aliphatic carbocycles. The van der Waals surface area contributed by atoms with Crippen LogP contribution in [0.25, 0.3) is 11.3 Å². The van der Waals surface area contributed by atoms with E-state index in [1.54, 1.807) is 36.1 Å². The lowest BCUT2D eigenvalue weighted by molar-refractivity contribution is -0.144. The second kappa shape index (κ2) is 9.55. The summed E-state index contributed by atoms with van der Waals surface area (Å²) in [4.78, 5) is 37.6. The predicted octanol–water partition coefficient (Wildman–Crippen LogP) is 4.02. The van der Waals surface area contributed by atoms with Gasteiger partial charge in [0.1, 0.15) is 11.5 Å². The average Bonchev–Trinajstić information content (AvgIpc) is 3.47. The van der Waals surface area contributed by atoms with Gasteiger partial charge in [-0.05, 0) is 49.4 Å². The first-order valence-corrected chi connectivity index (χ1v) is 10.5. The minimum atomic E-state index is -0.385. The number of fused-ring (bicyclic) bond motifs is 1. The lowest BCUT2D eigenvalue weighted by Gasteiger charge is -2.25. The van der Waals surface area contributed by atoms with Gasteiger partial charge in [0.2, 0.25) is 5.91 Å². The Kier molecular flexibility index (Phi) is 6.39. The first-order chi connectivity index (χ1) is 15.5. The van der Waals surface area contributed by atoms with E-state index in [1.165, 1.54) is 6.26 Å². The summed E-state index contributed by atoms with van der Waals surface area (Å²) >= 11 is 0. The molecule has 1 aliphatic heterocycles. The van der Waals surface area contributed by atoms with Gasteiger partial charge in [0.05, 0.1) is 19.3 Å². The molecule has 0 bridgehead atoms. The van der Waals surface area contributed by atoms with Crippen LogP contribution >= 0.6 is 0 Å². The van der Waals surface area contributed by atoms with Crippen LogP contribution in [-0.4, -0.2) is 35.8 Å². The van der Waals surface area contributed by atoms with E-state index in [0.717, 1.165) is 16.9 Å². The number of furan rings is 2. The number of esters is 1. The summed E-state index contributed by atoms with van der Waals surface area (Å²) in [7, 11) is 0. The van der Waals surface area contributed by atoms with E-state index in [9.17, 15) is 14.4 Å². The predicted molar refractivity (Wildman–Crippen MR) is 116 cm³/mol. The number of anilines is 1. The van der Waals surface area contributed by atoms with E-state index in [0.29, 0.717) is 43.3 Å². The Morgan fingerprint density at radius 2 is 1.94 bits per heavy atom. The number of carbonyl (C=O) groups is 3. The Bertz CT molecular complexity index is 1100. The number of hydrogen-bond acceptors (Lipinski definition) is 6. The molecule has 8 heteroatoms. The van der Waals surface area contributed by atoms with Crippen LogP contribution in [0.2, 0.25) is 0 Å². The zero-order valence-electron chi connectivity index (χ0n) is 17.8. The molecule has 32 heavy (non-hydrogen) atoms. The van der Waals surface area contributed by atoms with Crippen LogP contribution in [0, 0.1) is 0 Å². The number of benzene rings is 1. The highest BCUT2D eigenvalue weighted by atomic mass is 16.5. The van der Waals surface area contributed by atoms with Crippen molar-refractivity contribution in [2.45, 2.75) is 32.7 Å². The molecule has 3 heterocycles. The van der Waals surface area contributed by atoms with Gasteiger partial charge >= 0.3 is 5.97 Å². The molecule has 0 atom stereocenters. The molecule has 2 aromatic heterocycles. The largest absolute Gasteiger partial charge is 0.466 e. The molecule has 0 saturated carbocycles. The Hall–Kier alpha value is -3.81. The van der Waals surface area contributed by atoms with Gasteiger partial charge in [-0.15, -0.1) is 0 Å². The van der Waals surface area contributed by atoms with Gasteiger partial charge in [-0.1, -0.05) is 0 Å². The Labute approximate surface area is 185 Å². The van der Waals surface area contributed by atoms with Crippen LogP contribution in [-0.2, 0) is 27.3 Å². The SMILES string of the molecule is CCOC(=O)CCC(=O)Nc1ccc(-c2cc3c(o2)CCN(C(=O)c2ccco2)C3)cc1. The molecule has 0 fully saturated rings. The first-order valence-electron chi connectivity index (χ1n) is 10.5. The Morgan fingerprint density at radius 1 is 1.12 bits per heavy atom. The van der Waals surface area contributed by atoms with Crippen molar-refractivity contribution in [3.63, 3.8) is 0 Å². The summed E-state index contributed by atoms with van der Waals surface area (Å²) in [6.07, 6.45) is 2.25. The van der Waals surface area contributed by atoms with Gasteiger partial charge in [0, 0.05) is 42.7 Å². The number of nitrogens with one attached hydrogen (secondary N) is 1. The van der Waals surface area contributed by atoms with Gasteiger partial charge in [0.25, 0.3) is 5.91 Å². The van der Waals surface area contributed by atoms with Crippen LogP contribution in [0.4, 0.5) is 5.69 Å². The zero-order valence-corrected chi connectivity index (χ0v) is 17.8. The summed E-state index contributed by atoms with van der Waals surface area (Å²) in [5, 5.41) is 2.77. The highest BCUT2D eigenvalue weighted by molar-refractivity contribution is 5.93. The molecule has 1 N–H and O–H groups in total. The third-order valence-corrected chi connectivity index (χ3v) is 5.20. The molecule has 1 aromatic carbocycles. The molecular weight excluding hydrogens is 412 g/mol. The minimum absolute atomic E-state index is 0.0507. The summed E-state index contributed by atoms with van der Waals surface area (Å²) in [5.74, 6) is 1.15. The van der Waals surface area contributed by atoms with Crippen LogP contribution in [0.1, 0.15) is 41.6 Å². The minimum Gasteiger partial charge on any atom is -0.466 e. The maximum atomic E-state index is 12.5. The molecule has 0 saturated heterocycles. The van der Waals surface area contributed by atoms with Crippen LogP contribution in [0.3, 0.4) is 0 Å². The average molecular weight is 436 g/mol. The Balaban J connectivity index is 1.37. The third-order valence-electron chi connectivity index (χ3n) is 5.20. The van der Waals surface area contributed by atoms with E-state index < -0.39 is 0 Å². The van der Waals surface area contributed by atoms with Crippen molar-refractivity contribution in [1.82, 2.24) is 4.90 Å². The molecule has 4 rings (SSSR count). The molecule has 1 aliphatic rings. The lowest BCUT2D eigenvalue weighted by Crippen LogP contribution is -2.35. The van der Waals surface area contributed by atoms with E-state index in [2.05, 4.69) is 5.32 Å². The van der Waals surface area contributed by atoms with Crippen molar-refractivity contribution >= 4 is 23.5 Å². The van der Waals surface area contributed by atoms with Gasteiger partial charge < -0.3 is 23.8 Å². The van der Waals surface area contributed by atoms with Gasteiger partial charge in [-0.3, -0.25) is 14.4 Å². The zero-order chi connectivity index (χ0) is 22.5. The van der Waals surface area contributed by atoms with Crippen molar-refractivity contribution in [2.75, 3.05) is 18.5 Å². The van der Waals surface area contributed by atoms with Crippen molar-refractivity contribution in [1.29, 1.82) is 0 Å². The summed E-state index contributed by atoms with van der Waals surface area (Å²) in [5.41, 5.74) is 2.48. The highest BCUT2D eigenvalue weighted by Crippen LogP contribution is 2.30. The number of rotatable bonds is 7. The number of carbonyl (C=O) groups excluding carboxylic acids is 3. The summed E-state index contributed by atoms with van der Waals surface area (Å²) in [6, 6.07) is 12.6. The molecule has 0 spiro atoms. The molecular formula is C24H24N2O6. The maximum Gasteiger partial charge on any atom is 0.306 e. The van der Waals surface area contributed by atoms with Gasteiger partial charge in [-0.2, -0.15) is 0 Å². The molecule has 0 unspecified atom stereocenters. The molecule has 0 radical (unpaired) electrons. The van der Waals surface area contributed by atoms with Crippen molar-refractivity contribution < 1.29 is 28.0 Å². The number of nitrogens with zero attached hydrogens (tertiary/aromatic N) is 1. The van der Waals surface area contributed by atoms with E-state index >= 15 is 0 Å². The molecule has 2 amide bonds. The fourth-order valence-electron chi connectivity index (χ4n) is 3.59. The smallest absolute Gasteiger partial charge is 0.306 e. The number of ether oxygens (including phenoxy) is 1. The second-order valence-corrected chi connectivity index (χ2v) is 7.44. The second-order valence-electron chi connectivity index (χ2n) is 7.44. The Morgan fingerprint density at radius 3 is 2.66 bits per heavy atom. The van der Waals surface area contributed by atoms with E-state index in [1.807, 2.05) is 18.2 Å².